The second kappa shape index (κ2) is 7.49. The molecule has 2 rings (SSSR count). The van der Waals surface area contributed by atoms with E-state index in [0.29, 0.717) is 16.1 Å². The van der Waals surface area contributed by atoms with Crippen molar-refractivity contribution in [3.05, 3.63) is 63.7 Å². The van der Waals surface area contributed by atoms with Crippen LogP contribution < -0.4 is 10.1 Å². The molecule has 0 spiro atoms. The minimum Gasteiger partial charge on any atom is -0.489 e. The number of ether oxygens (including phenoxy) is 1. The molecule has 0 saturated carbocycles. The third-order valence-corrected chi connectivity index (χ3v) is 3.86. The molecule has 2 aromatic rings. The summed E-state index contributed by atoms with van der Waals surface area (Å²) in [4.78, 5) is 11.7. The van der Waals surface area contributed by atoms with Crippen LogP contribution in [0.5, 0.6) is 5.75 Å². The van der Waals surface area contributed by atoms with Crippen LogP contribution in [0.2, 0.25) is 5.02 Å². The van der Waals surface area contributed by atoms with Crippen LogP contribution in [0.4, 0.5) is 0 Å². The van der Waals surface area contributed by atoms with E-state index in [4.69, 9.17) is 16.3 Å². The van der Waals surface area contributed by atoms with Gasteiger partial charge in [0, 0.05) is 12.1 Å². The van der Waals surface area contributed by atoms with Gasteiger partial charge in [0.25, 0.3) is 5.91 Å². The number of halogens is 1. The number of rotatable bonds is 5. The molecule has 1 amide bonds. The van der Waals surface area contributed by atoms with Gasteiger partial charge in [0.1, 0.15) is 12.4 Å². The van der Waals surface area contributed by atoms with Gasteiger partial charge < -0.3 is 15.2 Å². The summed E-state index contributed by atoms with van der Waals surface area (Å²) in [5.74, 6) is 0.292. The van der Waals surface area contributed by atoms with E-state index in [9.17, 15) is 9.90 Å². The van der Waals surface area contributed by atoms with Gasteiger partial charge in [-0.05, 0) is 54.3 Å². The van der Waals surface area contributed by atoms with Crippen LogP contribution >= 0.6 is 11.6 Å². The van der Waals surface area contributed by atoms with Gasteiger partial charge in [-0.25, -0.2) is 0 Å². The van der Waals surface area contributed by atoms with Crippen LogP contribution in [-0.2, 0) is 11.4 Å². The second-order valence-electron chi connectivity index (χ2n) is 5.42. The maximum absolute atomic E-state index is 11.7. The Bertz CT molecular complexity index is 715. The molecule has 4 nitrogen and oxygen atoms in total. The summed E-state index contributed by atoms with van der Waals surface area (Å²) < 4.78 is 5.86. The highest BCUT2D eigenvalue weighted by molar-refractivity contribution is 6.30. The highest BCUT2D eigenvalue weighted by Gasteiger charge is 2.20. The topological polar surface area (TPSA) is 58.6 Å². The van der Waals surface area contributed by atoms with Crippen LogP contribution in [0.1, 0.15) is 28.4 Å². The Balaban J connectivity index is 2.26. The van der Waals surface area contributed by atoms with Crippen molar-refractivity contribution in [2.45, 2.75) is 26.6 Å². The molecule has 0 heterocycles. The third-order valence-electron chi connectivity index (χ3n) is 3.62. The smallest absolute Gasteiger partial charge is 0.253 e. The van der Waals surface area contributed by atoms with Crippen molar-refractivity contribution in [3.8, 4) is 5.75 Å². The van der Waals surface area contributed by atoms with Gasteiger partial charge in [0.15, 0.2) is 6.10 Å². The van der Waals surface area contributed by atoms with Crippen molar-refractivity contribution in [1.29, 1.82) is 0 Å². The molecule has 0 fully saturated rings. The van der Waals surface area contributed by atoms with Crippen molar-refractivity contribution in [2.75, 3.05) is 7.05 Å². The minimum atomic E-state index is -1.28. The first-order valence-electron chi connectivity index (χ1n) is 7.30. The summed E-state index contributed by atoms with van der Waals surface area (Å²) in [6.07, 6.45) is -1.28. The fourth-order valence-corrected chi connectivity index (χ4v) is 2.43. The third kappa shape index (κ3) is 4.24. The number of benzene rings is 2. The lowest BCUT2D eigenvalue weighted by Crippen LogP contribution is -2.26. The largest absolute Gasteiger partial charge is 0.489 e. The predicted octanol–water partition coefficient (Wildman–Crippen LogP) is 3.32. The van der Waals surface area contributed by atoms with E-state index in [-0.39, 0.29) is 6.61 Å². The first kappa shape index (κ1) is 17.3. The van der Waals surface area contributed by atoms with Crippen molar-refractivity contribution >= 4 is 17.5 Å². The molecular weight excluding hydrogens is 314 g/mol. The summed E-state index contributed by atoms with van der Waals surface area (Å²) >= 11 is 5.99. The molecule has 1 unspecified atom stereocenters. The molecule has 0 aliphatic rings. The summed E-state index contributed by atoms with van der Waals surface area (Å²) in [6.45, 7) is 4.21. The van der Waals surface area contributed by atoms with Crippen LogP contribution in [0.25, 0.3) is 0 Å². The Kier molecular flexibility index (Phi) is 5.64. The number of hydrogen-bond donors (Lipinski definition) is 2. The zero-order valence-electron chi connectivity index (χ0n) is 13.4. The Labute approximate surface area is 141 Å². The highest BCUT2D eigenvalue weighted by Crippen LogP contribution is 2.26. The lowest BCUT2D eigenvalue weighted by molar-refractivity contribution is -0.129. The summed E-state index contributed by atoms with van der Waals surface area (Å²) in [7, 11) is 1.47. The maximum atomic E-state index is 11.7. The number of aliphatic hydroxyl groups is 1. The van der Waals surface area contributed by atoms with Crippen LogP contribution in [0.15, 0.2) is 36.4 Å². The van der Waals surface area contributed by atoms with Crippen LogP contribution in [-0.4, -0.2) is 18.1 Å². The number of carbonyl (C=O) groups is 1. The van der Waals surface area contributed by atoms with E-state index in [0.717, 1.165) is 16.9 Å². The SMILES string of the molecule is CNC(=O)C(O)c1cc(Cl)ccc1COc1cc(C)ccc1C. The van der Waals surface area contributed by atoms with E-state index in [1.54, 1.807) is 18.2 Å². The fraction of sp³-hybridized carbons (Fsp3) is 0.278. The number of likely N-dealkylation sites (N-methyl/N-ethyl adjacent to an activating group) is 1. The van der Waals surface area contributed by atoms with E-state index in [1.807, 2.05) is 32.0 Å². The number of amides is 1. The summed E-state index contributed by atoms with van der Waals surface area (Å²) in [5.41, 5.74) is 3.29. The van der Waals surface area contributed by atoms with Gasteiger partial charge in [-0.3, -0.25) is 4.79 Å². The number of aliphatic hydroxyl groups excluding tert-OH is 1. The summed E-state index contributed by atoms with van der Waals surface area (Å²) in [5, 5.41) is 13.0. The molecule has 2 N–H and O–H groups in total. The van der Waals surface area contributed by atoms with Gasteiger partial charge in [-0.2, -0.15) is 0 Å². The average molecular weight is 334 g/mol. The lowest BCUT2D eigenvalue weighted by Gasteiger charge is -2.16. The van der Waals surface area contributed by atoms with Gasteiger partial charge in [-0.15, -0.1) is 0 Å². The molecule has 5 heteroatoms. The fourth-order valence-electron chi connectivity index (χ4n) is 2.25. The standard InChI is InChI=1S/C18H20ClNO3/c1-11-4-5-12(2)16(8-11)23-10-13-6-7-14(19)9-15(13)17(21)18(22)20-3/h4-9,17,21H,10H2,1-3H3,(H,20,22). The minimum absolute atomic E-state index is 0.241. The number of aryl methyl sites for hydroxylation is 2. The zero-order chi connectivity index (χ0) is 17.0. The summed E-state index contributed by atoms with van der Waals surface area (Å²) in [6, 6.07) is 11.0. The molecule has 1 atom stereocenters. The molecule has 0 aromatic heterocycles. The molecule has 0 saturated heterocycles. The molecule has 2 aromatic carbocycles. The number of nitrogens with one attached hydrogen (secondary N) is 1. The first-order valence-corrected chi connectivity index (χ1v) is 7.68. The molecule has 23 heavy (non-hydrogen) atoms. The predicted molar refractivity (Wildman–Crippen MR) is 90.7 cm³/mol. The monoisotopic (exact) mass is 333 g/mol. The van der Waals surface area contributed by atoms with Crippen molar-refractivity contribution in [2.24, 2.45) is 0 Å². The maximum Gasteiger partial charge on any atom is 0.253 e. The molecule has 0 aliphatic carbocycles. The van der Waals surface area contributed by atoms with E-state index < -0.39 is 12.0 Å². The lowest BCUT2D eigenvalue weighted by atomic mass is 10.0. The van der Waals surface area contributed by atoms with Gasteiger partial charge in [0.2, 0.25) is 0 Å². The molecule has 0 aliphatic heterocycles. The second-order valence-corrected chi connectivity index (χ2v) is 5.85. The Morgan fingerprint density at radius 3 is 2.70 bits per heavy atom. The van der Waals surface area contributed by atoms with Gasteiger partial charge >= 0.3 is 0 Å². The highest BCUT2D eigenvalue weighted by atomic mass is 35.5. The Morgan fingerprint density at radius 1 is 1.26 bits per heavy atom. The Hall–Kier alpha value is -2.04. The van der Waals surface area contributed by atoms with Crippen LogP contribution in [0, 0.1) is 13.8 Å². The van der Waals surface area contributed by atoms with E-state index in [2.05, 4.69) is 5.32 Å². The van der Waals surface area contributed by atoms with E-state index >= 15 is 0 Å². The molecule has 0 bridgehead atoms. The normalized spacial score (nSPS) is 11.9. The van der Waals surface area contributed by atoms with Crippen molar-refractivity contribution in [3.63, 3.8) is 0 Å². The number of carbonyl (C=O) groups excluding carboxylic acids is 1. The van der Waals surface area contributed by atoms with Gasteiger partial charge in [0.05, 0.1) is 0 Å². The quantitative estimate of drug-likeness (QED) is 0.882. The first-order chi connectivity index (χ1) is 10.9. The molecular formula is C18H20ClNO3. The van der Waals surface area contributed by atoms with Gasteiger partial charge in [-0.1, -0.05) is 29.8 Å². The van der Waals surface area contributed by atoms with Crippen LogP contribution in [0.3, 0.4) is 0 Å². The van der Waals surface area contributed by atoms with Crippen molar-refractivity contribution < 1.29 is 14.6 Å². The molecule has 122 valence electrons. The van der Waals surface area contributed by atoms with E-state index in [1.165, 1.54) is 7.05 Å². The average Bonchev–Trinajstić information content (AvgIpc) is 2.55. The molecule has 0 radical (unpaired) electrons. The number of hydrogen-bond acceptors (Lipinski definition) is 3. The van der Waals surface area contributed by atoms with Crippen molar-refractivity contribution in [1.82, 2.24) is 5.32 Å². The zero-order valence-corrected chi connectivity index (χ0v) is 14.1. The Morgan fingerprint density at radius 2 is 2.00 bits per heavy atom.